The molecule has 0 amide bonds. The van der Waals surface area contributed by atoms with Crippen LogP contribution in [0.15, 0.2) is 24.3 Å². The summed E-state index contributed by atoms with van der Waals surface area (Å²) in [6, 6.07) is 9.43. The second-order valence-electron chi connectivity index (χ2n) is 5.11. The highest BCUT2D eigenvalue weighted by Crippen LogP contribution is 2.27. The quantitative estimate of drug-likeness (QED) is 0.862. The predicted octanol–water partition coefficient (Wildman–Crippen LogP) is 2.82. The largest absolute Gasteiger partial charge is 0.368 e. The number of hydrogen-bond donors (Lipinski definition) is 1. The Morgan fingerprint density at radius 2 is 2.12 bits per heavy atom. The van der Waals surface area contributed by atoms with Crippen LogP contribution >= 0.6 is 0 Å². The Hall–Kier alpha value is -1.02. The van der Waals surface area contributed by atoms with Crippen LogP contribution < -0.4 is 10.2 Å². The topological polar surface area (TPSA) is 15.3 Å². The van der Waals surface area contributed by atoms with E-state index in [0.29, 0.717) is 6.04 Å². The van der Waals surface area contributed by atoms with Gasteiger partial charge >= 0.3 is 0 Å². The van der Waals surface area contributed by atoms with Crippen LogP contribution in [0.2, 0.25) is 0 Å². The van der Waals surface area contributed by atoms with Gasteiger partial charge in [-0.3, -0.25) is 0 Å². The molecule has 2 unspecified atom stereocenters. The Labute approximate surface area is 105 Å². The number of nitrogens with one attached hydrogen (secondary N) is 1. The van der Waals surface area contributed by atoms with Crippen molar-refractivity contribution >= 4 is 5.69 Å². The molecule has 2 atom stereocenters. The van der Waals surface area contributed by atoms with E-state index in [1.165, 1.54) is 17.7 Å². The van der Waals surface area contributed by atoms with E-state index < -0.39 is 0 Å². The summed E-state index contributed by atoms with van der Waals surface area (Å²) in [6.07, 6.45) is 1.25. The molecule has 2 rings (SSSR count). The standard InChI is InChI=1S/C15H24N2/c1-4-17(14-8-6-5-7-12(14)2)15-9-10-16-11-13(15)3/h5-8,13,15-16H,4,9-11H2,1-3H3. The van der Waals surface area contributed by atoms with Crippen molar-refractivity contribution in [3.63, 3.8) is 0 Å². The van der Waals surface area contributed by atoms with Gasteiger partial charge in [0.2, 0.25) is 0 Å². The van der Waals surface area contributed by atoms with Gasteiger partial charge in [0.1, 0.15) is 0 Å². The molecular weight excluding hydrogens is 208 g/mol. The third kappa shape index (κ3) is 2.63. The van der Waals surface area contributed by atoms with E-state index >= 15 is 0 Å². The zero-order valence-electron chi connectivity index (χ0n) is 11.2. The summed E-state index contributed by atoms with van der Waals surface area (Å²) < 4.78 is 0. The minimum atomic E-state index is 0.683. The molecule has 94 valence electrons. The number of anilines is 1. The van der Waals surface area contributed by atoms with E-state index in [-0.39, 0.29) is 0 Å². The van der Waals surface area contributed by atoms with E-state index in [1.807, 2.05) is 0 Å². The number of para-hydroxylation sites is 1. The van der Waals surface area contributed by atoms with Crippen LogP contribution in [0, 0.1) is 12.8 Å². The molecule has 1 aromatic rings. The fraction of sp³-hybridized carbons (Fsp3) is 0.600. The molecule has 0 aromatic heterocycles. The lowest BCUT2D eigenvalue weighted by Gasteiger charge is -2.40. The maximum Gasteiger partial charge on any atom is 0.0398 e. The zero-order chi connectivity index (χ0) is 12.3. The van der Waals surface area contributed by atoms with Crippen LogP contribution in [0.1, 0.15) is 25.8 Å². The fourth-order valence-electron chi connectivity index (χ4n) is 2.93. The van der Waals surface area contributed by atoms with Crippen molar-refractivity contribution < 1.29 is 0 Å². The molecule has 0 aliphatic carbocycles. The Kier molecular flexibility index (Phi) is 4.06. The van der Waals surface area contributed by atoms with Crippen molar-refractivity contribution in [2.24, 2.45) is 5.92 Å². The van der Waals surface area contributed by atoms with Gasteiger partial charge in [-0.05, 0) is 50.9 Å². The normalized spacial score (nSPS) is 24.6. The second-order valence-corrected chi connectivity index (χ2v) is 5.11. The van der Waals surface area contributed by atoms with Crippen LogP contribution in [0.25, 0.3) is 0 Å². The molecule has 0 radical (unpaired) electrons. The molecule has 2 nitrogen and oxygen atoms in total. The lowest BCUT2D eigenvalue weighted by molar-refractivity contribution is 0.332. The molecule has 1 fully saturated rings. The molecule has 17 heavy (non-hydrogen) atoms. The van der Waals surface area contributed by atoms with Crippen molar-refractivity contribution in [3.05, 3.63) is 29.8 Å². The molecule has 1 saturated heterocycles. The first-order valence-electron chi connectivity index (χ1n) is 6.77. The summed E-state index contributed by atoms with van der Waals surface area (Å²) in [7, 11) is 0. The maximum absolute atomic E-state index is 3.48. The van der Waals surface area contributed by atoms with E-state index in [0.717, 1.165) is 25.6 Å². The number of nitrogens with zero attached hydrogens (tertiary/aromatic N) is 1. The zero-order valence-corrected chi connectivity index (χ0v) is 11.2. The Balaban J connectivity index is 2.23. The van der Waals surface area contributed by atoms with E-state index in [4.69, 9.17) is 0 Å². The Bertz CT molecular complexity index is 362. The average molecular weight is 232 g/mol. The predicted molar refractivity (Wildman–Crippen MR) is 74.6 cm³/mol. The molecule has 1 aromatic carbocycles. The average Bonchev–Trinajstić information content (AvgIpc) is 2.34. The van der Waals surface area contributed by atoms with Gasteiger partial charge in [-0.15, -0.1) is 0 Å². The number of aryl methyl sites for hydroxylation is 1. The van der Waals surface area contributed by atoms with Crippen molar-refractivity contribution in [1.82, 2.24) is 5.32 Å². The molecule has 1 N–H and O–H groups in total. The van der Waals surface area contributed by atoms with E-state index in [9.17, 15) is 0 Å². The summed E-state index contributed by atoms with van der Waals surface area (Å²) in [4.78, 5) is 2.58. The van der Waals surface area contributed by atoms with Gasteiger partial charge in [0.05, 0.1) is 0 Å². The van der Waals surface area contributed by atoms with Gasteiger partial charge in [-0.25, -0.2) is 0 Å². The van der Waals surface area contributed by atoms with Gasteiger partial charge in [-0.1, -0.05) is 25.1 Å². The van der Waals surface area contributed by atoms with Crippen molar-refractivity contribution in [1.29, 1.82) is 0 Å². The molecule has 0 spiro atoms. The number of benzene rings is 1. The van der Waals surface area contributed by atoms with E-state index in [1.54, 1.807) is 0 Å². The summed E-state index contributed by atoms with van der Waals surface area (Å²) in [5.74, 6) is 0.725. The SMILES string of the molecule is CCN(c1ccccc1C)C1CCNCC1C. The highest BCUT2D eigenvalue weighted by Gasteiger charge is 2.26. The summed E-state index contributed by atoms with van der Waals surface area (Å²) in [5, 5.41) is 3.48. The maximum atomic E-state index is 3.48. The first-order valence-corrected chi connectivity index (χ1v) is 6.77. The number of piperidine rings is 1. The summed E-state index contributed by atoms with van der Waals surface area (Å²) >= 11 is 0. The number of rotatable bonds is 3. The minimum absolute atomic E-state index is 0.683. The van der Waals surface area contributed by atoms with Crippen LogP contribution in [-0.4, -0.2) is 25.7 Å². The third-order valence-corrected chi connectivity index (χ3v) is 3.91. The molecule has 0 saturated carbocycles. The lowest BCUT2D eigenvalue weighted by Crippen LogP contribution is -2.49. The lowest BCUT2D eigenvalue weighted by atomic mass is 9.93. The molecule has 1 aliphatic rings. The molecule has 1 aliphatic heterocycles. The second kappa shape index (κ2) is 5.54. The molecule has 1 heterocycles. The minimum Gasteiger partial charge on any atom is -0.368 e. The van der Waals surface area contributed by atoms with Gasteiger partial charge in [-0.2, -0.15) is 0 Å². The first-order chi connectivity index (χ1) is 8.24. The Morgan fingerprint density at radius 1 is 1.35 bits per heavy atom. The van der Waals surface area contributed by atoms with E-state index in [2.05, 4.69) is 55.3 Å². The van der Waals surface area contributed by atoms with Crippen LogP contribution in [0.5, 0.6) is 0 Å². The van der Waals surface area contributed by atoms with Crippen LogP contribution in [0.3, 0.4) is 0 Å². The smallest absolute Gasteiger partial charge is 0.0398 e. The van der Waals surface area contributed by atoms with Crippen LogP contribution in [-0.2, 0) is 0 Å². The van der Waals surface area contributed by atoms with Gasteiger partial charge < -0.3 is 10.2 Å². The third-order valence-electron chi connectivity index (χ3n) is 3.91. The first kappa shape index (κ1) is 12.4. The Morgan fingerprint density at radius 3 is 2.76 bits per heavy atom. The van der Waals surface area contributed by atoms with Crippen molar-refractivity contribution in [2.45, 2.75) is 33.2 Å². The molecular formula is C15H24N2. The highest BCUT2D eigenvalue weighted by atomic mass is 15.2. The fourth-order valence-corrected chi connectivity index (χ4v) is 2.93. The highest BCUT2D eigenvalue weighted by molar-refractivity contribution is 5.53. The van der Waals surface area contributed by atoms with Gasteiger partial charge in [0.25, 0.3) is 0 Å². The van der Waals surface area contributed by atoms with Crippen molar-refractivity contribution in [2.75, 3.05) is 24.5 Å². The van der Waals surface area contributed by atoms with Gasteiger partial charge in [0.15, 0.2) is 0 Å². The number of hydrogen-bond acceptors (Lipinski definition) is 2. The van der Waals surface area contributed by atoms with Crippen molar-refractivity contribution in [3.8, 4) is 0 Å². The molecule has 2 heteroatoms. The summed E-state index contributed by atoms with van der Waals surface area (Å²) in [6.45, 7) is 10.2. The van der Waals surface area contributed by atoms with Gasteiger partial charge in [0, 0.05) is 18.3 Å². The van der Waals surface area contributed by atoms with Crippen LogP contribution in [0.4, 0.5) is 5.69 Å². The summed E-state index contributed by atoms with van der Waals surface area (Å²) in [5.41, 5.74) is 2.80. The monoisotopic (exact) mass is 232 g/mol. The molecule has 0 bridgehead atoms.